The van der Waals surface area contributed by atoms with Crippen molar-refractivity contribution in [3.63, 3.8) is 0 Å². The molecule has 168 valence electrons. The molecule has 0 bridgehead atoms. The van der Waals surface area contributed by atoms with E-state index < -0.39 is 0 Å². The zero-order chi connectivity index (χ0) is 23.6. The van der Waals surface area contributed by atoms with E-state index in [9.17, 15) is 0 Å². The summed E-state index contributed by atoms with van der Waals surface area (Å²) in [5, 5.41) is 7.70. The molecule has 2 heteroatoms. The van der Waals surface area contributed by atoms with E-state index in [1.165, 1.54) is 65.8 Å². The average molecular weight is 459 g/mol. The molecule has 2 heterocycles. The summed E-state index contributed by atoms with van der Waals surface area (Å²) in [4.78, 5) is 0. The highest BCUT2D eigenvalue weighted by atomic mass is 15.0. The van der Waals surface area contributed by atoms with E-state index in [1.807, 2.05) is 0 Å². The minimum atomic E-state index is 1.18. The van der Waals surface area contributed by atoms with Gasteiger partial charge in [0, 0.05) is 32.9 Å². The minimum absolute atomic E-state index is 1.18. The van der Waals surface area contributed by atoms with Crippen molar-refractivity contribution in [3.8, 4) is 11.4 Å². The SMILES string of the molecule is c1ccc(-n2c3ccc4ccccc4c3c3c2ccc2c4ccccc4n(-c4ccccc4)c23)cc1. The van der Waals surface area contributed by atoms with Gasteiger partial charge in [0.15, 0.2) is 0 Å². The van der Waals surface area contributed by atoms with Crippen LogP contribution in [0.4, 0.5) is 0 Å². The third-order valence-corrected chi connectivity index (χ3v) is 7.48. The summed E-state index contributed by atoms with van der Waals surface area (Å²) >= 11 is 0. The van der Waals surface area contributed by atoms with Gasteiger partial charge in [0.25, 0.3) is 0 Å². The third-order valence-electron chi connectivity index (χ3n) is 7.48. The van der Waals surface area contributed by atoms with Crippen LogP contribution in [0.1, 0.15) is 0 Å². The number of fused-ring (bicyclic) bond motifs is 9. The van der Waals surface area contributed by atoms with Gasteiger partial charge in [0.05, 0.1) is 22.1 Å². The van der Waals surface area contributed by atoms with Gasteiger partial charge in [-0.1, -0.05) is 91.0 Å². The Balaban J connectivity index is 1.71. The maximum Gasteiger partial charge on any atom is 0.0641 e. The van der Waals surface area contributed by atoms with Gasteiger partial charge < -0.3 is 9.13 Å². The first-order chi connectivity index (χ1) is 17.9. The van der Waals surface area contributed by atoms with Gasteiger partial charge in [-0.15, -0.1) is 0 Å². The van der Waals surface area contributed by atoms with Gasteiger partial charge >= 0.3 is 0 Å². The van der Waals surface area contributed by atoms with Gasteiger partial charge in [-0.2, -0.15) is 0 Å². The monoisotopic (exact) mass is 458 g/mol. The van der Waals surface area contributed by atoms with Crippen LogP contribution in [-0.4, -0.2) is 9.13 Å². The highest BCUT2D eigenvalue weighted by Crippen LogP contribution is 2.43. The van der Waals surface area contributed by atoms with E-state index in [0.717, 1.165) is 0 Å². The molecule has 0 atom stereocenters. The van der Waals surface area contributed by atoms with Crippen LogP contribution in [0.15, 0.2) is 133 Å². The number of para-hydroxylation sites is 3. The Labute approximate surface area is 208 Å². The standard InChI is InChI=1S/C34H22N2/c1-3-12-24(13-4-1)35-30-21-19-23-11-7-8-16-26(23)32(30)33-31(35)22-20-28-27-17-9-10-18-29(27)36(34(28)33)25-14-5-2-6-15-25/h1-22H. The molecule has 0 aliphatic heterocycles. The lowest BCUT2D eigenvalue weighted by Crippen LogP contribution is -1.95. The molecule has 0 fully saturated rings. The van der Waals surface area contributed by atoms with Crippen molar-refractivity contribution in [2.75, 3.05) is 0 Å². The molecule has 6 aromatic carbocycles. The summed E-state index contributed by atoms with van der Waals surface area (Å²) in [5.74, 6) is 0. The largest absolute Gasteiger partial charge is 0.309 e. The molecule has 8 aromatic rings. The molecule has 0 radical (unpaired) electrons. The molecule has 2 aromatic heterocycles. The normalized spacial score (nSPS) is 11.9. The van der Waals surface area contributed by atoms with Crippen LogP contribution in [0.25, 0.3) is 65.8 Å². The number of aromatic nitrogens is 2. The van der Waals surface area contributed by atoms with E-state index in [2.05, 4.69) is 143 Å². The Hall–Kier alpha value is -4.82. The summed E-state index contributed by atoms with van der Waals surface area (Å²) in [6.07, 6.45) is 0. The average Bonchev–Trinajstić information content (AvgIpc) is 3.47. The molecule has 0 aliphatic carbocycles. The summed E-state index contributed by atoms with van der Waals surface area (Å²) < 4.78 is 4.87. The van der Waals surface area contributed by atoms with E-state index >= 15 is 0 Å². The van der Waals surface area contributed by atoms with Crippen LogP contribution in [0.5, 0.6) is 0 Å². The minimum Gasteiger partial charge on any atom is -0.309 e. The van der Waals surface area contributed by atoms with Crippen molar-refractivity contribution in [3.05, 3.63) is 133 Å². The fourth-order valence-corrected chi connectivity index (χ4v) is 6.02. The lowest BCUT2D eigenvalue weighted by molar-refractivity contribution is 1.17. The second kappa shape index (κ2) is 7.34. The molecular weight excluding hydrogens is 436 g/mol. The first kappa shape index (κ1) is 19.5. The Kier molecular flexibility index (Phi) is 3.97. The van der Waals surface area contributed by atoms with Crippen LogP contribution in [0, 0.1) is 0 Å². The second-order valence-corrected chi connectivity index (χ2v) is 9.40. The van der Waals surface area contributed by atoms with Crippen molar-refractivity contribution in [1.29, 1.82) is 0 Å². The zero-order valence-corrected chi connectivity index (χ0v) is 19.6. The first-order valence-electron chi connectivity index (χ1n) is 12.4. The summed E-state index contributed by atoms with van der Waals surface area (Å²) in [6, 6.07) is 48.1. The predicted octanol–water partition coefficient (Wildman–Crippen LogP) is 9.03. The fourth-order valence-electron chi connectivity index (χ4n) is 6.02. The first-order valence-corrected chi connectivity index (χ1v) is 12.4. The van der Waals surface area contributed by atoms with Crippen molar-refractivity contribution >= 4 is 54.4 Å². The highest BCUT2D eigenvalue weighted by molar-refractivity contribution is 6.31. The molecule has 0 saturated heterocycles. The lowest BCUT2D eigenvalue weighted by Gasteiger charge is -2.10. The number of rotatable bonds is 2. The van der Waals surface area contributed by atoms with E-state index in [1.54, 1.807) is 0 Å². The van der Waals surface area contributed by atoms with Crippen molar-refractivity contribution in [2.24, 2.45) is 0 Å². The number of benzene rings is 6. The Morgan fingerprint density at radius 2 is 0.917 bits per heavy atom. The predicted molar refractivity (Wildman–Crippen MR) is 153 cm³/mol. The Bertz CT molecular complexity index is 2080. The second-order valence-electron chi connectivity index (χ2n) is 9.40. The van der Waals surface area contributed by atoms with Crippen LogP contribution in [0.3, 0.4) is 0 Å². The quantitative estimate of drug-likeness (QED) is 0.244. The maximum atomic E-state index is 2.45. The topological polar surface area (TPSA) is 9.86 Å². The molecular formula is C34H22N2. The number of hydrogen-bond donors (Lipinski definition) is 0. The van der Waals surface area contributed by atoms with Gasteiger partial charge in [-0.05, 0) is 53.2 Å². The summed E-state index contributed by atoms with van der Waals surface area (Å²) in [5.41, 5.74) is 7.29. The van der Waals surface area contributed by atoms with E-state index in [-0.39, 0.29) is 0 Å². The van der Waals surface area contributed by atoms with Crippen LogP contribution >= 0.6 is 0 Å². The lowest BCUT2D eigenvalue weighted by atomic mass is 10.0. The van der Waals surface area contributed by atoms with Gasteiger partial charge in [0.1, 0.15) is 0 Å². The van der Waals surface area contributed by atoms with Gasteiger partial charge in [0.2, 0.25) is 0 Å². The van der Waals surface area contributed by atoms with Gasteiger partial charge in [-0.25, -0.2) is 0 Å². The maximum absolute atomic E-state index is 2.45. The zero-order valence-electron chi connectivity index (χ0n) is 19.6. The smallest absolute Gasteiger partial charge is 0.0641 e. The Morgan fingerprint density at radius 1 is 0.333 bits per heavy atom. The molecule has 0 spiro atoms. The molecule has 0 aliphatic rings. The summed E-state index contributed by atoms with van der Waals surface area (Å²) in [7, 11) is 0. The highest BCUT2D eigenvalue weighted by Gasteiger charge is 2.21. The van der Waals surface area contributed by atoms with Crippen molar-refractivity contribution in [2.45, 2.75) is 0 Å². The molecule has 0 saturated carbocycles. The molecule has 8 rings (SSSR count). The van der Waals surface area contributed by atoms with Crippen LogP contribution in [-0.2, 0) is 0 Å². The van der Waals surface area contributed by atoms with Gasteiger partial charge in [-0.3, -0.25) is 0 Å². The molecule has 0 unspecified atom stereocenters. The molecule has 36 heavy (non-hydrogen) atoms. The number of hydrogen-bond acceptors (Lipinski definition) is 0. The van der Waals surface area contributed by atoms with Crippen molar-refractivity contribution < 1.29 is 0 Å². The molecule has 2 nitrogen and oxygen atoms in total. The van der Waals surface area contributed by atoms with Crippen LogP contribution < -0.4 is 0 Å². The third kappa shape index (κ3) is 2.56. The molecule has 0 amide bonds. The van der Waals surface area contributed by atoms with Crippen LogP contribution in [0.2, 0.25) is 0 Å². The Morgan fingerprint density at radius 3 is 1.69 bits per heavy atom. The number of nitrogens with zero attached hydrogens (tertiary/aromatic N) is 2. The van der Waals surface area contributed by atoms with E-state index in [4.69, 9.17) is 0 Å². The fraction of sp³-hybridized carbons (Fsp3) is 0. The van der Waals surface area contributed by atoms with Crippen molar-refractivity contribution in [1.82, 2.24) is 9.13 Å². The van der Waals surface area contributed by atoms with E-state index in [0.29, 0.717) is 0 Å². The summed E-state index contributed by atoms with van der Waals surface area (Å²) in [6.45, 7) is 0. The molecule has 0 N–H and O–H groups in total.